The van der Waals surface area contributed by atoms with Crippen molar-refractivity contribution in [3.63, 3.8) is 0 Å². The molecule has 0 aromatic heterocycles. The molecule has 0 heterocycles. The van der Waals surface area contributed by atoms with Gasteiger partial charge >= 0.3 is 10.4 Å². The SMILES string of the molecule is COc1ccccc1O.O=S(=O)(O)O. The summed E-state index contributed by atoms with van der Waals surface area (Å²) in [5, 5.41) is 8.99. The molecule has 0 aliphatic rings. The molecule has 1 rings (SSSR count). The summed E-state index contributed by atoms with van der Waals surface area (Å²) in [6, 6.07) is 6.84. The number of para-hydroxylation sites is 2. The Bertz CT molecular complexity index is 364. The Kier molecular flexibility index (Phi) is 4.92. The topological polar surface area (TPSA) is 104 Å². The van der Waals surface area contributed by atoms with E-state index < -0.39 is 10.4 Å². The molecule has 0 radical (unpaired) electrons. The summed E-state index contributed by atoms with van der Waals surface area (Å²) in [7, 11) is -3.14. The highest BCUT2D eigenvalue weighted by molar-refractivity contribution is 7.79. The van der Waals surface area contributed by atoms with Gasteiger partial charge in [0.1, 0.15) is 0 Å². The van der Waals surface area contributed by atoms with Gasteiger partial charge in [-0.15, -0.1) is 0 Å². The molecule has 0 bridgehead atoms. The Labute approximate surface area is 81.3 Å². The maximum absolute atomic E-state index is 8.99. The average molecular weight is 222 g/mol. The number of hydrogen-bond donors (Lipinski definition) is 3. The number of phenolic OH excluding ortho intramolecular Hbond substituents is 1. The molecule has 1 aromatic rings. The number of aromatic hydroxyl groups is 1. The van der Waals surface area contributed by atoms with Gasteiger partial charge < -0.3 is 9.84 Å². The van der Waals surface area contributed by atoms with E-state index >= 15 is 0 Å². The van der Waals surface area contributed by atoms with Gasteiger partial charge in [-0.3, -0.25) is 9.11 Å². The second-order valence-corrected chi connectivity index (χ2v) is 3.02. The summed E-state index contributed by atoms with van der Waals surface area (Å²) < 4.78 is 36.4. The first-order valence-corrected chi connectivity index (χ1v) is 4.76. The summed E-state index contributed by atoms with van der Waals surface area (Å²) in [4.78, 5) is 0. The largest absolute Gasteiger partial charge is 0.504 e. The Morgan fingerprint density at radius 1 is 1.21 bits per heavy atom. The highest BCUT2D eigenvalue weighted by Gasteiger charge is 1.94. The molecule has 0 amide bonds. The Morgan fingerprint density at radius 3 is 1.93 bits per heavy atom. The van der Waals surface area contributed by atoms with E-state index in [1.165, 1.54) is 7.11 Å². The van der Waals surface area contributed by atoms with Crippen molar-refractivity contribution in [2.75, 3.05) is 7.11 Å². The summed E-state index contributed by atoms with van der Waals surface area (Å²) in [6.07, 6.45) is 0. The molecule has 0 atom stereocenters. The highest BCUT2D eigenvalue weighted by atomic mass is 32.3. The van der Waals surface area contributed by atoms with Crippen molar-refractivity contribution in [2.24, 2.45) is 0 Å². The van der Waals surface area contributed by atoms with Gasteiger partial charge in [-0.05, 0) is 12.1 Å². The quantitative estimate of drug-likeness (QED) is 0.605. The van der Waals surface area contributed by atoms with Crippen molar-refractivity contribution in [2.45, 2.75) is 0 Å². The molecule has 6 nitrogen and oxygen atoms in total. The lowest BCUT2D eigenvalue weighted by molar-refractivity contribution is 0.373. The maximum atomic E-state index is 8.99. The van der Waals surface area contributed by atoms with Crippen LogP contribution in [-0.4, -0.2) is 29.7 Å². The Morgan fingerprint density at radius 2 is 1.64 bits per heavy atom. The molecule has 3 N–H and O–H groups in total. The lowest BCUT2D eigenvalue weighted by Gasteiger charge is -1.99. The van der Waals surface area contributed by atoms with Crippen molar-refractivity contribution in [1.82, 2.24) is 0 Å². The van der Waals surface area contributed by atoms with Crippen molar-refractivity contribution in [1.29, 1.82) is 0 Å². The highest BCUT2D eigenvalue weighted by Crippen LogP contribution is 2.22. The molecule has 0 saturated carbocycles. The fourth-order valence-corrected chi connectivity index (χ4v) is 0.630. The first-order valence-electron chi connectivity index (χ1n) is 3.36. The van der Waals surface area contributed by atoms with E-state index in [-0.39, 0.29) is 5.75 Å². The van der Waals surface area contributed by atoms with Crippen LogP contribution in [0.25, 0.3) is 0 Å². The molecular weight excluding hydrogens is 212 g/mol. The lowest BCUT2D eigenvalue weighted by atomic mass is 10.3. The van der Waals surface area contributed by atoms with E-state index in [1.807, 2.05) is 0 Å². The monoisotopic (exact) mass is 222 g/mol. The zero-order valence-corrected chi connectivity index (χ0v) is 8.10. The fraction of sp³-hybridized carbons (Fsp3) is 0.143. The first-order chi connectivity index (χ1) is 6.34. The molecule has 0 aliphatic carbocycles. The second-order valence-electron chi connectivity index (χ2n) is 2.12. The van der Waals surface area contributed by atoms with Crippen LogP contribution in [0.3, 0.4) is 0 Å². The van der Waals surface area contributed by atoms with E-state index in [9.17, 15) is 0 Å². The minimum Gasteiger partial charge on any atom is -0.504 e. The fourth-order valence-electron chi connectivity index (χ4n) is 0.630. The van der Waals surface area contributed by atoms with E-state index in [0.717, 1.165) is 0 Å². The molecule has 14 heavy (non-hydrogen) atoms. The molecule has 1 aromatic carbocycles. The third-order valence-corrected chi connectivity index (χ3v) is 1.09. The van der Waals surface area contributed by atoms with Gasteiger partial charge in [0.05, 0.1) is 7.11 Å². The maximum Gasteiger partial charge on any atom is 0.394 e. The van der Waals surface area contributed by atoms with E-state index in [1.54, 1.807) is 24.3 Å². The number of methoxy groups -OCH3 is 1. The molecule has 80 valence electrons. The van der Waals surface area contributed by atoms with Gasteiger partial charge in [0.25, 0.3) is 0 Å². The van der Waals surface area contributed by atoms with Crippen molar-refractivity contribution in [3.05, 3.63) is 24.3 Å². The molecule has 0 aliphatic heterocycles. The Hall–Kier alpha value is -1.31. The molecule has 0 fully saturated rings. The van der Waals surface area contributed by atoms with E-state index in [2.05, 4.69) is 0 Å². The zero-order chi connectivity index (χ0) is 11.2. The van der Waals surface area contributed by atoms with Gasteiger partial charge in [-0.25, -0.2) is 0 Å². The molecule has 0 spiro atoms. The molecule has 0 saturated heterocycles. The summed E-state index contributed by atoms with van der Waals surface area (Å²) in [5.74, 6) is 0.692. The van der Waals surface area contributed by atoms with Crippen LogP contribution in [0.4, 0.5) is 0 Å². The number of ether oxygens (including phenoxy) is 1. The van der Waals surface area contributed by atoms with Gasteiger partial charge in [-0.1, -0.05) is 12.1 Å². The van der Waals surface area contributed by atoms with Crippen LogP contribution in [0.15, 0.2) is 24.3 Å². The van der Waals surface area contributed by atoms with Crippen LogP contribution < -0.4 is 4.74 Å². The van der Waals surface area contributed by atoms with Gasteiger partial charge in [0, 0.05) is 0 Å². The molecule has 0 unspecified atom stereocenters. The minimum absolute atomic E-state index is 0.181. The third kappa shape index (κ3) is 7.35. The van der Waals surface area contributed by atoms with E-state index in [0.29, 0.717) is 5.75 Å². The van der Waals surface area contributed by atoms with Crippen LogP contribution in [-0.2, 0) is 10.4 Å². The minimum atomic E-state index is -4.67. The van der Waals surface area contributed by atoms with Crippen LogP contribution in [0.1, 0.15) is 0 Å². The zero-order valence-electron chi connectivity index (χ0n) is 7.28. The van der Waals surface area contributed by atoms with Crippen LogP contribution in [0, 0.1) is 0 Å². The Balaban J connectivity index is 0.000000292. The van der Waals surface area contributed by atoms with Crippen LogP contribution in [0.5, 0.6) is 11.5 Å². The standard InChI is InChI=1S/C7H8O2.H2O4S/c1-9-7-5-3-2-4-6(7)8;1-5(2,3)4/h2-5,8H,1H3;(H2,1,2,3,4). The number of phenols is 1. The summed E-state index contributed by atoms with van der Waals surface area (Å²) in [5.41, 5.74) is 0. The van der Waals surface area contributed by atoms with Crippen molar-refractivity contribution in [3.8, 4) is 11.5 Å². The van der Waals surface area contributed by atoms with Crippen LogP contribution in [0.2, 0.25) is 0 Å². The third-order valence-electron chi connectivity index (χ3n) is 1.09. The van der Waals surface area contributed by atoms with Gasteiger partial charge in [-0.2, -0.15) is 8.42 Å². The van der Waals surface area contributed by atoms with Crippen molar-refractivity contribution < 1.29 is 27.4 Å². The molecular formula is C7H10O6S. The second kappa shape index (κ2) is 5.43. The van der Waals surface area contributed by atoms with Crippen LogP contribution >= 0.6 is 0 Å². The smallest absolute Gasteiger partial charge is 0.394 e. The summed E-state index contributed by atoms with van der Waals surface area (Å²) >= 11 is 0. The van der Waals surface area contributed by atoms with E-state index in [4.69, 9.17) is 27.4 Å². The normalized spacial score (nSPS) is 9.93. The average Bonchev–Trinajstić information content (AvgIpc) is 2.02. The number of benzene rings is 1. The molecule has 7 heteroatoms. The predicted molar refractivity (Wildman–Crippen MR) is 48.8 cm³/mol. The predicted octanol–water partition coefficient (Wildman–Crippen LogP) is 0.748. The number of hydrogen-bond acceptors (Lipinski definition) is 4. The lowest BCUT2D eigenvalue weighted by Crippen LogP contribution is -1.89. The first kappa shape index (κ1) is 12.7. The summed E-state index contributed by atoms with van der Waals surface area (Å²) in [6.45, 7) is 0. The van der Waals surface area contributed by atoms with Gasteiger partial charge in [0.15, 0.2) is 11.5 Å². The van der Waals surface area contributed by atoms with Gasteiger partial charge in [0.2, 0.25) is 0 Å². The van der Waals surface area contributed by atoms with Crippen molar-refractivity contribution >= 4 is 10.4 Å². The number of rotatable bonds is 1.